The van der Waals surface area contributed by atoms with E-state index in [2.05, 4.69) is 29.1 Å². The molecule has 1 aliphatic rings. The molecule has 1 amide bonds. The maximum Gasteiger partial charge on any atom is 0.230 e. The predicted molar refractivity (Wildman–Crippen MR) is 97.2 cm³/mol. The van der Waals surface area contributed by atoms with Gasteiger partial charge >= 0.3 is 0 Å². The van der Waals surface area contributed by atoms with Crippen LogP contribution in [0.1, 0.15) is 42.5 Å². The number of aryl methyl sites for hydroxylation is 2. The van der Waals surface area contributed by atoms with Gasteiger partial charge in [-0.2, -0.15) is 0 Å². The van der Waals surface area contributed by atoms with E-state index in [1.165, 1.54) is 54.3 Å². The molecule has 0 bridgehead atoms. The van der Waals surface area contributed by atoms with Crippen molar-refractivity contribution in [2.75, 3.05) is 12.3 Å². The highest BCUT2D eigenvalue weighted by molar-refractivity contribution is 8.00. The van der Waals surface area contributed by atoms with E-state index in [0.29, 0.717) is 11.7 Å². The quantitative estimate of drug-likeness (QED) is 0.652. The molecule has 2 aromatic heterocycles. The van der Waals surface area contributed by atoms with Gasteiger partial charge in [-0.25, -0.2) is 9.97 Å². The van der Waals surface area contributed by atoms with Gasteiger partial charge in [0.1, 0.15) is 16.2 Å². The minimum absolute atomic E-state index is 0.108. The highest BCUT2D eigenvalue weighted by Gasteiger charge is 2.16. The lowest BCUT2D eigenvalue weighted by molar-refractivity contribution is -0.118. The summed E-state index contributed by atoms with van der Waals surface area (Å²) in [6.07, 6.45) is 8.08. The summed E-state index contributed by atoms with van der Waals surface area (Å²) in [4.78, 5) is 23.1. The molecule has 4 nitrogen and oxygen atoms in total. The molecule has 2 heterocycles. The number of hydrogen-bond donors (Lipinski definition) is 1. The lowest BCUT2D eigenvalue weighted by atomic mass is 9.89. The van der Waals surface area contributed by atoms with Crippen LogP contribution in [0.15, 0.2) is 11.4 Å². The fraction of sp³-hybridized carbons (Fsp3) is 0.588. The van der Waals surface area contributed by atoms with Gasteiger partial charge in [0.05, 0.1) is 5.75 Å². The third kappa shape index (κ3) is 4.04. The molecule has 0 saturated heterocycles. The smallest absolute Gasteiger partial charge is 0.230 e. The van der Waals surface area contributed by atoms with E-state index < -0.39 is 0 Å². The van der Waals surface area contributed by atoms with Crippen molar-refractivity contribution in [3.05, 3.63) is 16.8 Å². The number of aromatic nitrogens is 2. The number of hydrogen-bond acceptors (Lipinski definition) is 5. The average molecular weight is 350 g/mol. The number of nitrogens with zero attached hydrogens (tertiary/aromatic N) is 2. The lowest BCUT2D eigenvalue weighted by Gasteiger charge is -2.21. The van der Waals surface area contributed by atoms with Gasteiger partial charge in [0.15, 0.2) is 0 Å². The zero-order valence-corrected chi connectivity index (χ0v) is 15.4. The second-order valence-corrected chi connectivity index (χ2v) is 8.41. The van der Waals surface area contributed by atoms with Gasteiger partial charge in [0.25, 0.3) is 0 Å². The molecule has 3 rings (SSSR count). The number of carbonyl (C=O) groups excluding carboxylic acids is 1. The molecule has 6 heteroatoms. The molecule has 124 valence electrons. The first-order chi connectivity index (χ1) is 11.1. The number of carbonyl (C=O) groups is 1. The Balaban J connectivity index is 1.56. The summed E-state index contributed by atoms with van der Waals surface area (Å²) in [5, 5.41) is 5.12. The van der Waals surface area contributed by atoms with Crippen molar-refractivity contribution in [1.82, 2.24) is 15.3 Å². The molecule has 23 heavy (non-hydrogen) atoms. The Kier molecular flexibility index (Phi) is 5.54. The Morgan fingerprint density at radius 2 is 2.09 bits per heavy atom. The van der Waals surface area contributed by atoms with Crippen molar-refractivity contribution in [3.8, 4) is 0 Å². The predicted octanol–water partition coefficient (Wildman–Crippen LogP) is 4.10. The van der Waals surface area contributed by atoms with Crippen LogP contribution in [0.3, 0.4) is 0 Å². The van der Waals surface area contributed by atoms with E-state index >= 15 is 0 Å². The lowest BCUT2D eigenvalue weighted by Crippen LogP contribution is -2.31. The normalized spacial score (nSPS) is 15.9. The van der Waals surface area contributed by atoms with E-state index in [0.717, 1.165) is 21.8 Å². The van der Waals surface area contributed by atoms with E-state index in [1.807, 2.05) is 0 Å². The second kappa shape index (κ2) is 7.62. The second-order valence-electron chi connectivity index (χ2n) is 6.24. The highest BCUT2D eigenvalue weighted by atomic mass is 32.2. The molecule has 1 fully saturated rings. The third-order valence-corrected chi connectivity index (χ3v) is 6.69. The monoisotopic (exact) mass is 349 g/mol. The summed E-state index contributed by atoms with van der Waals surface area (Å²) < 4.78 is 0. The molecule has 0 aromatic carbocycles. The van der Waals surface area contributed by atoms with E-state index in [1.54, 1.807) is 17.7 Å². The van der Waals surface area contributed by atoms with Gasteiger partial charge < -0.3 is 5.32 Å². The molecule has 0 atom stereocenters. The summed E-state index contributed by atoms with van der Waals surface area (Å²) in [6.45, 7) is 5.03. The molecule has 2 aromatic rings. The molecule has 0 spiro atoms. The topological polar surface area (TPSA) is 54.9 Å². The van der Waals surface area contributed by atoms with Crippen LogP contribution in [0.25, 0.3) is 10.2 Å². The Bertz CT molecular complexity index is 692. The summed E-state index contributed by atoms with van der Waals surface area (Å²) >= 11 is 3.21. The number of rotatable bonds is 5. The Labute approximate surface area is 145 Å². The summed E-state index contributed by atoms with van der Waals surface area (Å²) in [7, 11) is 0. The Hall–Kier alpha value is -1.14. The fourth-order valence-corrected chi connectivity index (χ4v) is 5.04. The van der Waals surface area contributed by atoms with E-state index in [9.17, 15) is 4.79 Å². The van der Waals surface area contributed by atoms with Crippen LogP contribution in [0.4, 0.5) is 0 Å². The van der Waals surface area contributed by atoms with Crippen molar-refractivity contribution < 1.29 is 4.79 Å². The minimum Gasteiger partial charge on any atom is -0.355 e. The van der Waals surface area contributed by atoms with E-state index in [-0.39, 0.29) is 5.91 Å². The standard InChI is InChI=1S/C17H23N3OS2/c1-11-12(2)23-17-15(11)16(19-10-20-17)22-9-14(21)18-8-13-6-4-3-5-7-13/h10,13H,3-9H2,1-2H3,(H,18,21). The van der Waals surface area contributed by atoms with Crippen LogP contribution < -0.4 is 5.32 Å². The SMILES string of the molecule is Cc1sc2ncnc(SCC(=O)NCC3CCCCC3)c2c1C. The van der Waals surface area contributed by atoms with Gasteiger partial charge in [-0.1, -0.05) is 31.0 Å². The van der Waals surface area contributed by atoms with Crippen molar-refractivity contribution >= 4 is 39.2 Å². The highest BCUT2D eigenvalue weighted by Crippen LogP contribution is 2.34. The third-order valence-electron chi connectivity index (χ3n) is 4.58. The average Bonchev–Trinajstić information content (AvgIpc) is 2.87. The van der Waals surface area contributed by atoms with Crippen molar-refractivity contribution in [3.63, 3.8) is 0 Å². The van der Waals surface area contributed by atoms with Crippen LogP contribution in [-0.4, -0.2) is 28.2 Å². The number of amides is 1. The first kappa shape index (κ1) is 16.7. The Morgan fingerprint density at radius 1 is 1.30 bits per heavy atom. The summed E-state index contributed by atoms with van der Waals surface area (Å²) in [5.41, 5.74) is 1.23. The number of nitrogens with one attached hydrogen (secondary N) is 1. The summed E-state index contributed by atoms with van der Waals surface area (Å²) in [5.74, 6) is 1.20. The molecular weight excluding hydrogens is 326 g/mol. The first-order valence-electron chi connectivity index (χ1n) is 8.25. The zero-order valence-electron chi connectivity index (χ0n) is 13.7. The zero-order chi connectivity index (χ0) is 16.2. The van der Waals surface area contributed by atoms with Gasteiger partial charge in [-0.3, -0.25) is 4.79 Å². The molecule has 0 aliphatic heterocycles. The van der Waals surface area contributed by atoms with Crippen molar-refractivity contribution in [2.24, 2.45) is 5.92 Å². The molecule has 0 unspecified atom stereocenters. The van der Waals surface area contributed by atoms with Crippen LogP contribution >= 0.6 is 23.1 Å². The van der Waals surface area contributed by atoms with Crippen LogP contribution in [-0.2, 0) is 4.79 Å². The molecule has 0 radical (unpaired) electrons. The van der Waals surface area contributed by atoms with Crippen LogP contribution in [0, 0.1) is 19.8 Å². The van der Waals surface area contributed by atoms with Crippen molar-refractivity contribution in [2.45, 2.75) is 51.0 Å². The van der Waals surface area contributed by atoms with Gasteiger partial charge in [-0.05, 0) is 38.2 Å². The van der Waals surface area contributed by atoms with E-state index in [4.69, 9.17) is 0 Å². The van der Waals surface area contributed by atoms with Gasteiger partial charge in [0, 0.05) is 16.8 Å². The maximum absolute atomic E-state index is 12.1. The fourth-order valence-electron chi connectivity index (χ4n) is 3.09. The molecule has 1 saturated carbocycles. The maximum atomic E-state index is 12.1. The molecule has 1 aliphatic carbocycles. The molecule has 1 N–H and O–H groups in total. The van der Waals surface area contributed by atoms with Crippen LogP contribution in [0.5, 0.6) is 0 Å². The van der Waals surface area contributed by atoms with Crippen LogP contribution in [0.2, 0.25) is 0 Å². The number of thioether (sulfide) groups is 1. The minimum atomic E-state index is 0.108. The Morgan fingerprint density at radius 3 is 2.87 bits per heavy atom. The largest absolute Gasteiger partial charge is 0.355 e. The van der Waals surface area contributed by atoms with Gasteiger partial charge in [-0.15, -0.1) is 11.3 Å². The first-order valence-corrected chi connectivity index (χ1v) is 10.1. The number of fused-ring (bicyclic) bond motifs is 1. The summed E-state index contributed by atoms with van der Waals surface area (Å²) in [6, 6.07) is 0. The van der Waals surface area contributed by atoms with Gasteiger partial charge in [0.2, 0.25) is 5.91 Å². The van der Waals surface area contributed by atoms with Crippen molar-refractivity contribution in [1.29, 1.82) is 0 Å². The number of thiophene rings is 1. The molecular formula is C17H23N3OS2.